The number of rotatable bonds is 5. The lowest BCUT2D eigenvalue weighted by Crippen LogP contribution is -2.36. The van der Waals surface area contributed by atoms with Gasteiger partial charge in [-0.2, -0.15) is 0 Å². The molecule has 0 saturated carbocycles. The lowest BCUT2D eigenvalue weighted by Gasteiger charge is -2.37. The third kappa shape index (κ3) is 2.23. The zero-order valence-corrected chi connectivity index (χ0v) is 8.76. The van der Waals surface area contributed by atoms with Gasteiger partial charge in [0.25, 0.3) is 6.47 Å². The van der Waals surface area contributed by atoms with Gasteiger partial charge in [-0.05, 0) is 19.3 Å². The van der Waals surface area contributed by atoms with Crippen LogP contribution in [0.25, 0.3) is 0 Å². The van der Waals surface area contributed by atoms with Crippen molar-refractivity contribution in [3.8, 4) is 0 Å². The number of hydrogen-bond acceptors (Lipinski definition) is 2. The molecular weight excluding hydrogens is 152 g/mol. The van der Waals surface area contributed by atoms with Gasteiger partial charge in [0.15, 0.2) is 0 Å². The van der Waals surface area contributed by atoms with Crippen LogP contribution in [0.2, 0.25) is 0 Å². The molecule has 0 radical (unpaired) electrons. The van der Waals surface area contributed by atoms with E-state index in [0.29, 0.717) is 12.4 Å². The van der Waals surface area contributed by atoms with Crippen LogP contribution in [0.3, 0.4) is 0 Å². The van der Waals surface area contributed by atoms with Gasteiger partial charge in [-0.1, -0.05) is 27.7 Å². The summed E-state index contributed by atoms with van der Waals surface area (Å²) in [5, 5.41) is 0. The molecule has 0 aliphatic rings. The lowest BCUT2D eigenvalue weighted by atomic mass is 9.73. The Morgan fingerprint density at radius 3 is 2.17 bits per heavy atom. The maximum absolute atomic E-state index is 10.2. The first-order valence-corrected chi connectivity index (χ1v) is 4.58. The van der Waals surface area contributed by atoms with E-state index in [1.54, 1.807) is 0 Å². The monoisotopic (exact) mass is 172 g/mol. The van der Waals surface area contributed by atoms with Gasteiger partial charge < -0.3 is 4.74 Å². The molecule has 0 heterocycles. The molecule has 72 valence electrons. The van der Waals surface area contributed by atoms with Gasteiger partial charge in [0, 0.05) is 5.41 Å². The van der Waals surface area contributed by atoms with Crippen molar-refractivity contribution in [2.45, 2.75) is 47.1 Å². The van der Waals surface area contributed by atoms with Crippen molar-refractivity contribution in [2.24, 2.45) is 11.3 Å². The van der Waals surface area contributed by atoms with Crippen LogP contribution in [0.5, 0.6) is 0 Å². The fourth-order valence-electron chi connectivity index (χ4n) is 1.40. The Morgan fingerprint density at radius 1 is 1.42 bits per heavy atom. The number of ether oxygens (including phenoxy) is 1. The number of carbonyl (C=O) groups is 1. The third-order valence-electron chi connectivity index (χ3n) is 3.27. The molecule has 0 spiro atoms. The minimum absolute atomic E-state index is 0.000000000000000222. The van der Waals surface area contributed by atoms with Crippen molar-refractivity contribution < 1.29 is 9.53 Å². The highest BCUT2D eigenvalue weighted by atomic mass is 16.5. The number of hydrogen-bond donors (Lipinski definition) is 0. The Balaban J connectivity index is 4.38. The highest BCUT2D eigenvalue weighted by molar-refractivity contribution is 5.37. The zero-order chi connectivity index (χ0) is 9.78. The average molecular weight is 172 g/mol. The maximum Gasteiger partial charge on any atom is 0.293 e. The van der Waals surface area contributed by atoms with Crippen molar-refractivity contribution in [1.82, 2.24) is 0 Å². The molecule has 0 bridgehead atoms. The van der Waals surface area contributed by atoms with Crippen molar-refractivity contribution in [2.75, 3.05) is 0 Å². The topological polar surface area (TPSA) is 26.3 Å². The van der Waals surface area contributed by atoms with Crippen molar-refractivity contribution in [3.63, 3.8) is 0 Å². The van der Waals surface area contributed by atoms with Gasteiger partial charge in [0.05, 0.1) is 0 Å². The molecule has 2 heteroatoms. The molecule has 0 aromatic carbocycles. The second-order valence-electron chi connectivity index (χ2n) is 3.89. The highest BCUT2D eigenvalue weighted by Gasteiger charge is 2.33. The summed E-state index contributed by atoms with van der Waals surface area (Å²) in [6.45, 7) is 11.1. The van der Waals surface area contributed by atoms with E-state index in [4.69, 9.17) is 4.74 Å². The molecule has 0 aromatic rings. The molecule has 0 aliphatic carbocycles. The third-order valence-corrected chi connectivity index (χ3v) is 3.27. The molecule has 0 rings (SSSR count). The highest BCUT2D eigenvalue weighted by Crippen LogP contribution is 2.35. The summed E-state index contributed by atoms with van der Waals surface area (Å²) in [7, 11) is 0. The smallest absolute Gasteiger partial charge is 0.293 e. The summed E-state index contributed by atoms with van der Waals surface area (Å²) in [6, 6.07) is 0. The van der Waals surface area contributed by atoms with E-state index < -0.39 is 0 Å². The fourth-order valence-corrected chi connectivity index (χ4v) is 1.40. The molecule has 0 fully saturated rings. The van der Waals surface area contributed by atoms with Crippen LogP contribution in [0.1, 0.15) is 41.0 Å². The summed E-state index contributed by atoms with van der Waals surface area (Å²) in [6.07, 6.45) is 1.03. The molecule has 0 aromatic heterocycles. The quantitative estimate of drug-likeness (QED) is 0.596. The molecular formula is C10H20O2. The van der Waals surface area contributed by atoms with Crippen LogP contribution in [0, 0.1) is 11.3 Å². The fraction of sp³-hybridized carbons (Fsp3) is 0.900. The van der Waals surface area contributed by atoms with E-state index in [1.165, 1.54) is 0 Å². The van der Waals surface area contributed by atoms with Gasteiger partial charge in [-0.3, -0.25) is 4.79 Å². The first-order chi connectivity index (χ1) is 5.49. The molecule has 12 heavy (non-hydrogen) atoms. The normalized spacial score (nSPS) is 18.5. The lowest BCUT2D eigenvalue weighted by molar-refractivity contribution is -0.140. The van der Waals surface area contributed by atoms with Crippen molar-refractivity contribution >= 4 is 6.47 Å². The predicted octanol–water partition coefficient (Wildman–Crippen LogP) is 2.62. The van der Waals surface area contributed by atoms with E-state index in [9.17, 15) is 4.79 Å². The van der Waals surface area contributed by atoms with Gasteiger partial charge in [-0.15, -0.1) is 0 Å². The molecule has 0 aliphatic heterocycles. The number of carbonyl (C=O) groups excluding carboxylic acids is 1. The molecule has 0 saturated heterocycles. The van der Waals surface area contributed by atoms with Gasteiger partial charge >= 0.3 is 0 Å². The Hall–Kier alpha value is -0.530. The Morgan fingerprint density at radius 2 is 1.92 bits per heavy atom. The Labute approximate surface area is 75.3 Å². The summed E-state index contributed by atoms with van der Waals surface area (Å²) in [4.78, 5) is 10.2. The first-order valence-electron chi connectivity index (χ1n) is 4.58. The maximum atomic E-state index is 10.2. The van der Waals surface area contributed by atoms with Crippen LogP contribution in [0.15, 0.2) is 0 Å². The molecule has 2 nitrogen and oxygen atoms in total. The summed E-state index contributed by atoms with van der Waals surface area (Å²) >= 11 is 0. The van der Waals surface area contributed by atoms with Crippen LogP contribution < -0.4 is 0 Å². The van der Waals surface area contributed by atoms with Crippen LogP contribution in [-0.4, -0.2) is 12.6 Å². The zero-order valence-electron chi connectivity index (χ0n) is 8.76. The van der Waals surface area contributed by atoms with E-state index in [1.807, 2.05) is 6.92 Å². The van der Waals surface area contributed by atoms with Crippen LogP contribution >= 0.6 is 0 Å². The minimum atomic E-state index is -0.000000000000000222. The largest absolute Gasteiger partial charge is 0.464 e. The second-order valence-corrected chi connectivity index (χ2v) is 3.89. The first kappa shape index (κ1) is 11.5. The summed E-state index contributed by atoms with van der Waals surface area (Å²) in [5.41, 5.74) is 0.0981. The minimum Gasteiger partial charge on any atom is -0.464 e. The second kappa shape index (κ2) is 4.48. The summed E-state index contributed by atoms with van der Waals surface area (Å²) in [5.74, 6) is 0.525. The summed E-state index contributed by atoms with van der Waals surface area (Å²) < 4.78 is 4.98. The van der Waals surface area contributed by atoms with E-state index in [-0.39, 0.29) is 11.5 Å². The van der Waals surface area contributed by atoms with E-state index >= 15 is 0 Å². The van der Waals surface area contributed by atoms with Crippen LogP contribution in [-0.2, 0) is 9.53 Å². The molecule has 2 unspecified atom stereocenters. The predicted molar refractivity (Wildman–Crippen MR) is 49.8 cm³/mol. The van der Waals surface area contributed by atoms with Gasteiger partial charge in [0.2, 0.25) is 0 Å². The molecule has 2 atom stereocenters. The van der Waals surface area contributed by atoms with Gasteiger partial charge in [-0.25, -0.2) is 0 Å². The SMILES string of the molecule is CCC(C)(C(C)C)C(C)OC=O. The van der Waals surface area contributed by atoms with Gasteiger partial charge in [0.1, 0.15) is 6.10 Å². The standard InChI is InChI=1S/C10H20O2/c1-6-10(5,8(2)3)9(4)12-7-11/h7-9H,6H2,1-5H3. The van der Waals surface area contributed by atoms with E-state index in [2.05, 4.69) is 27.7 Å². The van der Waals surface area contributed by atoms with E-state index in [0.717, 1.165) is 6.42 Å². The van der Waals surface area contributed by atoms with Crippen LogP contribution in [0.4, 0.5) is 0 Å². The average Bonchev–Trinajstić information content (AvgIpc) is 2.03. The Bertz CT molecular complexity index is 143. The Kier molecular flexibility index (Phi) is 4.29. The molecule has 0 N–H and O–H groups in total. The molecule has 0 amide bonds. The van der Waals surface area contributed by atoms with Crippen molar-refractivity contribution in [1.29, 1.82) is 0 Å². The van der Waals surface area contributed by atoms with Crippen molar-refractivity contribution in [3.05, 3.63) is 0 Å².